The average Bonchev–Trinajstić information content (AvgIpc) is 2.85. The van der Waals surface area contributed by atoms with Gasteiger partial charge < -0.3 is 25.0 Å². The maximum atomic E-state index is 13.2. The number of carbonyl (C=O) groups excluding carboxylic acids is 2. The van der Waals surface area contributed by atoms with E-state index in [9.17, 15) is 14.0 Å². The van der Waals surface area contributed by atoms with Crippen LogP contribution in [0.15, 0.2) is 59.8 Å². The van der Waals surface area contributed by atoms with Crippen molar-refractivity contribution in [1.82, 2.24) is 15.5 Å². The summed E-state index contributed by atoms with van der Waals surface area (Å²) in [5, 5.41) is 5.66. The summed E-state index contributed by atoms with van der Waals surface area (Å²) in [6.07, 6.45) is 0. The molecule has 2 aliphatic rings. The molecule has 0 radical (unpaired) electrons. The number of nitrogens with zero attached hydrogens (tertiary/aromatic N) is 2. The minimum Gasteiger partial charge on any atom is -0.494 e. The van der Waals surface area contributed by atoms with Gasteiger partial charge in [-0.1, -0.05) is 12.1 Å². The average molecular weight is 469 g/mol. The first-order valence-corrected chi connectivity index (χ1v) is 11.3. The van der Waals surface area contributed by atoms with E-state index in [2.05, 4.69) is 20.4 Å². The zero-order valence-corrected chi connectivity index (χ0v) is 19.3. The fourth-order valence-corrected chi connectivity index (χ4v) is 4.31. The molecule has 4 rings (SSSR count). The van der Waals surface area contributed by atoms with Crippen molar-refractivity contribution in [3.8, 4) is 5.75 Å². The van der Waals surface area contributed by atoms with Crippen molar-refractivity contribution in [3.05, 3.63) is 71.2 Å². The number of halogens is 1. The minimum absolute atomic E-state index is 0.256. The van der Waals surface area contributed by atoms with E-state index in [4.69, 9.17) is 9.47 Å². The number of benzene rings is 2. The third-order valence-corrected chi connectivity index (χ3v) is 6.03. The molecule has 0 bridgehead atoms. The van der Waals surface area contributed by atoms with Crippen LogP contribution in [0, 0.1) is 5.82 Å². The standard InChI is InChI=1S/C25H29FN4O4/c1-3-34-20-10-4-17(5-11-20)23-22(24(31)33-2)21(27-25(32)28-23)16-29-12-14-30(15-13-29)19-8-6-18(26)7-9-19/h4-11,23H,3,12-16H2,1-2H3,(H2,27,28,32)/t23-/m0/s1. The van der Waals surface area contributed by atoms with Gasteiger partial charge in [-0.25, -0.2) is 14.0 Å². The van der Waals surface area contributed by atoms with Gasteiger partial charge in [-0.05, 0) is 48.9 Å². The third-order valence-electron chi connectivity index (χ3n) is 6.03. The molecule has 0 aliphatic carbocycles. The summed E-state index contributed by atoms with van der Waals surface area (Å²) in [4.78, 5) is 29.7. The first-order valence-electron chi connectivity index (χ1n) is 11.3. The second-order valence-electron chi connectivity index (χ2n) is 8.16. The maximum absolute atomic E-state index is 13.2. The van der Waals surface area contributed by atoms with Crippen LogP contribution >= 0.6 is 0 Å². The van der Waals surface area contributed by atoms with Crippen LogP contribution in [0.5, 0.6) is 5.75 Å². The van der Waals surface area contributed by atoms with Crippen molar-refractivity contribution in [2.45, 2.75) is 13.0 Å². The molecule has 1 fully saturated rings. The van der Waals surface area contributed by atoms with Crippen LogP contribution in [0.2, 0.25) is 0 Å². The third kappa shape index (κ3) is 5.31. The molecule has 2 N–H and O–H groups in total. The van der Waals surface area contributed by atoms with Gasteiger partial charge in [0.1, 0.15) is 11.6 Å². The number of hydrogen-bond acceptors (Lipinski definition) is 6. The summed E-state index contributed by atoms with van der Waals surface area (Å²) in [6, 6.07) is 12.8. The maximum Gasteiger partial charge on any atom is 0.338 e. The largest absolute Gasteiger partial charge is 0.494 e. The van der Waals surface area contributed by atoms with Crippen molar-refractivity contribution in [2.75, 3.05) is 51.3 Å². The van der Waals surface area contributed by atoms with Gasteiger partial charge in [-0.3, -0.25) is 4.90 Å². The molecule has 0 spiro atoms. The molecule has 180 valence electrons. The SMILES string of the molecule is CCOc1ccc([C@@H]2NC(=O)NC(CN3CCN(c4ccc(F)cc4)CC3)=C2C(=O)OC)cc1. The van der Waals surface area contributed by atoms with Gasteiger partial charge in [-0.2, -0.15) is 0 Å². The molecule has 1 saturated heterocycles. The van der Waals surface area contributed by atoms with Crippen LogP contribution in [0.3, 0.4) is 0 Å². The molecule has 2 heterocycles. The van der Waals surface area contributed by atoms with E-state index in [-0.39, 0.29) is 11.8 Å². The second kappa shape index (κ2) is 10.6. The zero-order chi connectivity index (χ0) is 24.1. The Bertz CT molecular complexity index is 1050. The lowest BCUT2D eigenvalue weighted by Crippen LogP contribution is -2.51. The fourth-order valence-electron chi connectivity index (χ4n) is 4.31. The lowest BCUT2D eigenvalue weighted by Gasteiger charge is -2.38. The number of rotatable bonds is 7. The number of ether oxygens (including phenoxy) is 2. The highest BCUT2D eigenvalue weighted by molar-refractivity contribution is 5.95. The molecule has 2 amide bonds. The summed E-state index contributed by atoms with van der Waals surface area (Å²) in [5.41, 5.74) is 2.65. The first-order chi connectivity index (χ1) is 16.5. The summed E-state index contributed by atoms with van der Waals surface area (Å²) in [5.74, 6) is -0.0333. The smallest absolute Gasteiger partial charge is 0.338 e. The highest BCUT2D eigenvalue weighted by Gasteiger charge is 2.34. The van der Waals surface area contributed by atoms with Crippen molar-refractivity contribution >= 4 is 17.7 Å². The number of piperazine rings is 1. The molecular formula is C25H29FN4O4. The summed E-state index contributed by atoms with van der Waals surface area (Å²) < 4.78 is 23.8. The Morgan fingerprint density at radius 2 is 1.74 bits per heavy atom. The van der Waals surface area contributed by atoms with Gasteiger partial charge in [0.25, 0.3) is 0 Å². The fraction of sp³-hybridized carbons (Fsp3) is 0.360. The van der Waals surface area contributed by atoms with Crippen LogP contribution in [0.1, 0.15) is 18.5 Å². The van der Waals surface area contributed by atoms with Crippen LogP contribution in [0.25, 0.3) is 0 Å². The molecule has 0 unspecified atom stereocenters. The summed E-state index contributed by atoms with van der Waals surface area (Å²) in [7, 11) is 1.33. The van der Waals surface area contributed by atoms with Gasteiger partial charge in [0.05, 0.1) is 25.3 Å². The number of amides is 2. The predicted octanol–water partition coefficient (Wildman–Crippen LogP) is 2.83. The van der Waals surface area contributed by atoms with Crippen LogP contribution in [-0.2, 0) is 9.53 Å². The monoisotopic (exact) mass is 468 g/mol. The van der Waals surface area contributed by atoms with E-state index in [0.717, 1.165) is 37.4 Å². The van der Waals surface area contributed by atoms with Gasteiger partial charge >= 0.3 is 12.0 Å². The molecular weight excluding hydrogens is 439 g/mol. The number of esters is 1. The van der Waals surface area contributed by atoms with Crippen LogP contribution < -0.4 is 20.3 Å². The van der Waals surface area contributed by atoms with Gasteiger partial charge in [0.15, 0.2) is 0 Å². The normalized spacial score (nSPS) is 18.9. The van der Waals surface area contributed by atoms with Gasteiger partial charge in [0.2, 0.25) is 0 Å². The highest BCUT2D eigenvalue weighted by Crippen LogP contribution is 2.29. The first kappa shape index (κ1) is 23.6. The molecule has 0 aromatic heterocycles. The molecule has 2 aromatic carbocycles. The second-order valence-corrected chi connectivity index (χ2v) is 8.16. The number of urea groups is 1. The molecule has 9 heteroatoms. The Morgan fingerprint density at radius 3 is 2.35 bits per heavy atom. The van der Waals surface area contributed by atoms with Crippen molar-refractivity contribution < 1.29 is 23.5 Å². The van der Waals surface area contributed by atoms with Crippen molar-refractivity contribution in [2.24, 2.45) is 0 Å². The predicted molar refractivity (Wildman–Crippen MR) is 126 cm³/mol. The van der Waals surface area contributed by atoms with E-state index < -0.39 is 12.0 Å². The quantitative estimate of drug-likeness (QED) is 0.608. The van der Waals surface area contributed by atoms with E-state index in [1.807, 2.05) is 31.2 Å². The lowest BCUT2D eigenvalue weighted by molar-refractivity contribution is -0.136. The van der Waals surface area contributed by atoms with Crippen LogP contribution in [-0.4, -0.2) is 63.3 Å². The number of hydrogen-bond donors (Lipinski definition) is 2. The Balaban J connectivity index is 1.52. The summed E-state index contributed by atoms with van der Waals surface area (Å²) >= 11 is 0. The Hall–Kier alpha value is -3.59. The van der Waals surface area contributed by atoms with Crippen molar-refractivity contribution in [3.63, 3.8) is 0 Å². The lowest BCUT2D eigenvalue weighted by atomic mass is 9.95. The molecule has 0 saturated carbocycles. The number of methoxy groups -OCH3 is 1. The Labute approximate surface area is 198 Å². The van der Waals surface area contributed by atoms with Gasteiger partial charge in [-0.15, -0.1) is 0 Å². The number of nitrogens with one attached hydrogen (secondary N) is 2. The molecule has 2 aromatic rings. The van der Waals surface area contributed by atoms with Crippen LogP contribution in [0.4, 0.5) is 14.9 Å². The summed E-state index contributed by atoms with van der Waals surface area (Å²) in [6.45, 7) is 5.82. The Morgan fingerprint density at radius 1 is 1.06 bits per heavy atom. The zero-order valence-electron chi connectivity index (χ0n) is 19.3. The number of carbonyl (C=O) groups is 2. The van der Waals surface area contributed by atoms with E-state index in [0.29, 0.717) is 30.2 Å². The van der Waals surface area contributed by atoms with Crippen molar-refractivity contribution in [1.29, 1.82) is 0 Å². The van der Waals surface area contributed by atoms with E-state index in [1.54, 1.807) is 12.1 Å². The highest BCUT2D eigenvalue weighted by atomic mass is 19.1. The molecule has 8 nitrogen and oxygen atoms in total. The molecule has 1 atom stereocenters. The molecule has 34 heavy (non-hydrogen) atoms. The van der Waals surface area contributed by atoms with Gasteiger partial charge in [0, 0.05) is 44.1 Å². The topological polar surface area (TPSA) is 83.1 Å². The molecule has 2 aliphatic heterocycles. The van der Waals surface area contributed by atoms with E-state index >= 15 is 0 Å². The van der Waals surface area contributed by atoms with E-state index in [1.165, 1.54) is 19.2 Å². The Kier molecular flexibility index (Phi) is 7.32. The number of anilines is 1. The minimum atomic E-state index is -0.632.